The number of aromatic amines is 2. The van der Waals surface area contributed by atoms with Crippen molar-refractivity contribution >= 4 is 22.8 Å². The van der Waals surface area contributed by atoms with Crippen LogP contribution >= 0.6 is 0 Å². The summed E-state index contributed by atoms with van der Waals surface area (Å²) in [6.07, 6.45) is 2.75. The average molecular weight is 396 g/mol. The smallest absolute Gasteiger partial charge is 0.288 e. The van der Waals surface area contributed by atoms with Crippen LogP contribution in [0.25, 0.3) is 10.9 Å². The van der Waals surface area contributed by atoms with Crippen molar-refractivity contribution < 1.29 is 4.79 Å². The van der Waals surface area contributed by atoms with Crippen LogP contribution in [-0.2, 0) is 6.42 Å². The Labute approximate surface area is 170 Å². The summed E-state index contributed by atoms with van der Waals surface area (Å²) in [5.41, 5.74) is 2.33. The van der Waals surface area contributed by atoms with Gasteiger partial charge in [-0.2, -0.15) is 4.98 Å². The Kier molecular flexibility index (Phi) is 5.04. The maximum atomic E-state index is 12.6. The maximum absolute atomic E-state index is 12.6. The number of nitrogens with zero attached hydrogens (tertiary/aromatic N) is 4. The van der Waals surface area contributed by atoms with Gasteiger partial charge in [-0.3, -0.25) is 14.8 Å². The summed E-state index contributed by atoms with van der Waals surface area (Å²) in [6.45, 7) is 9.00. The minimum atomic E-state index is -0.232. The molecule has 1 saturated heterocycles. The highest BCUT2D eigenvalue weighted by Crippen LogP contribution is 2.22. The number of para-hydroxylation sites is 1. The number of hydrogen-bond donors (Lipinski definition) is 3. The van der Waals surface area contributed by atoms with E-state index in [-0.39, 0.29) is 23.3 Å². The van der Waals surface area contributed by atoms with E-state index in [4.69, 9.17) is 0 Å². The molecular weight excluding hydrogens is 366 g/mol. The zero-order valence-corrected chi connectivity index (χ0v) is 17.5. The van der Waals surface area contributed by atoms with Crippen molar-refractivity contribution in [3.63, 3.8) is 0 Å². The summed E-state index contributed by atoms with van der Waals surface area (Å²) in [6, 6.07) is 8.15. The van der Waals surface area contributed by atoms with Crippen LogP contribution < -0.4 is 10.2 Å². The molecule has 1 aliphatic heterocycles. The standard InChI is InChI=1S/C21H29N7O/c1-14(11-15-12-22-17-8-6-5-7-16(15)17)23-19(29)18-24-20(26-25-18)28-10-9-27(4)21(2,3)13-28/h5-8,12,14,22H,9-11,13H2,1-4H3,(H,23,29)(H,24,25,26). The molecule has 3 heterocycles. The van der Waals surface area contributed by atoms with Gasteiger partial charge in [-0.25, -0.2) is 0 Å². The number of benzene rings is 1. The number of anilines is 1. The van der Waals surface area contributed by atoms with Crippen molar-refractivity contribution in [2.75, 3.05) is 31.6 Å². The molecule has 0 saturated carbocycles. The van der Waals surface area contributed by atoms with Crippen molar-refractivity contribution in [1.29, 1.82) is 0 Å². The zero-order chi connectivity index (χ0) is 20.6. The van der Waals surface area contributed by atoms with Crippen molar-refractivity contribution in [3.8, 4) is 0 Å². The second-order valence-electron chi connectivity index (χ2n) is 8.58. The van der Waals surface area contributed by atoms with Crippen LogP contribution in [0.3, 0.4) is 0 Å². The number of nitrogens with one attached hydrogen (secondary N) is 3. The van der Waals surface area contributed by atoms with Gasteiger partial charge in [-0.05, 0) is 45.9 Å². The van der Waals surface area contributed by atoms with Crippen LogP contribution in [0.4, 0.5) is 5.95 Å². The molecule has 8 nitrogen and oxygen atoms in total. The second kappa shape index (κ2) is 7.51. The Balaban J connectivity index is 1.39. The van der Waals surface area contributed by atoms with Crippen LogP contribution in [0.15, 0.2) is 30.5 Å². The molecule has 1 atom stereocenters. The summed E-state index contributed by atoms with van der Waals surface area (Å²) >= 11 is 0. The van der Waals surface area contributed by atoms with Gasteiger partial charge in [0.15, 0.2) is 0 Å². The van der Waals surface area contributed by atoms with E-state index in [1.54, 1.807) is 0 Å². The fraction of sp³-hybridized carbons (Fsp3) is 0.476. The Bertz CT molecular complexity index is 1010. The molecule has 4 rings (SSSR count). The lowest BCUT2D eigenvalue weighted by molar-refractivity contribution is 0.0930. The van der Waals surface area contributed by atoms with Gasteiger partial charge < -0.3 is 15.2 Å². The quantitative estimate of drug-likeness (QED) is 0.616. The highest BCUT2D eigenvalue weighted by Gasteiger charge is 2.32. The molecule has 154 valence electrons. The van der Waals surface area contributed by atoms with Gasteiger partial charge in [-0.15, -0.1) is 5.10 Å². The SMILES string of the molecule is CC(Cc1c[nH]c2ccccc12)NC(=O)c1nc(N2CCN(C)C(C)(C)C2)n[nH]1. The first kappa shape index (κ1) is 19.4. The van der Waals surface area contributed by atoms with Gasteiger partial charge in [0, 0.05) is 48.3 Å². The molecule has 3 N–H and O–H groups in total. The molecule has 29 heavy (non-hydrogen) atoms. The van der Waals surface area contributed by atoms with E-state index in [2.05, 4.69) is 68.3 Å². The van der Waals surface area contributed by atoms with E-state index in [9.17, 15) is 4.79 Å². The third kappa shape index (κ3) is 3.98. The lowest BCUT2D eigenvalue weighted by Gasteiger charge is -2.44. The van der Waals surface area contributed by atoms with Gasteiger partial charge in [0.25, 0.3) is 5.91 Å². The summed E-state index contributed by atoms with van der Waals surface area (Å²) in [5, 5.41) is 11.3. The number of rotatable bonds is 5. The van der Waals surface area contributed by atoms with Gasteiger partial charge in [0.2, 0.25) is 11.8 Å². The van der Waals surface area contributed by atoms with Crippen LogP contribution in [0.1, 0.15) is 37.0 Å². The first-order chi connectivity index (χ1) is 13.8. The molecular formula is C21H29N7O. The number of carbonyl (C=O) groups excluding carboxylic acids is 1. The largest absolute Gasteiger partial charge is 0.361 e. The average Bonchev–Trinajstić information content (AvgIpc) is 3.32. The lowest BCUT2D eigenvalue weighted by atomic mass is 10.0. The fourth-order valence-electron chi connectivity index (χ4n) is 3.88. The van der Waals surface area contributed by atoms with Crippen LogP contribution in [0.5, 0.6) is 0 Å². The molecule has 8 heteroatoms. The number of amides is 1. The van der Waals surface area contributed by atoms with Gasteiger partial charge in [0.1, 0.15) is 0 Å². The van der Waals surface area contributed by atoms with E-state index in [1.807, 2.05) is 25.3 Å². The minimum Gasteiger partial charge on any atom is -0.361 e. The topological polar surface area (TPSA) is 92.9 Å². The monoisotopic (exact) mass is 395 g/mol. The lowest BCUT2D eigenvalue weighted by Crippen LogP contribution is -2.58. The Hall–Kier alpha value is -2.87. The highest BCUT2D eigenvalue weighted by molar-refractivity contribution is 5.91. The van der Waals surface area contributed by atoms with Gasteiger partial charge >= 0.3 is 0 Å². The summed E-state index contributed by atoms with van der Waals surface area (Å²) in [5.74, 6) is 0.604. The van der Waals surface area contributed by atoms with Crippen molar-refractivity contribution in [1.82, 2.24) is 30.4 Å². The van der Waals surface area contributed by atoms with E-state index < -0.39 is 0 Å². The number of hydrogen-bond acceptors (Lipinski definition) is 5. The molecule has 1 fully saturated rings. The Morgan fingerprint density at radius 2 is 2.10 bits per heavy atom. The molecule has 1 aliphatic rings. The molecule has 3 aromatic rings. The highest BCUT2D eigenvalue weighted by atomic mass is 16.2. The Morgan fingerprint density at radius 3 is 2.90 bits per heavy atom. The first-order valence-corrected chi connectivity index (χ1v) is 10.1. The maximum Gasteiger partial charge on any atom is 0.288 e. The molecule has 0 aliphatic carbocycles. The molecule has 1 amide bonds. The number of fused-ring (bicyclic) bond motifs is 1. The van der Waals surface area contributed by atoms with Crippen molar-refractivity contribution in [2.24, 2.45) is 0 Å². The molecule has 2 aromatic heterocycles. The van der Waals surface area contributed by atoms with Crippen LogP contribution in [0.2, 0.25) is 0 Å². The second-order valence-corrected chi connectivity index (χ2v) is 8.58. The van der Waals surface area contributed by atoms with E-state index >= 15 is 0 Å². The predicted octanol–water partition coefficient (Wildman–Crippen LogP) is 2.18. The predicted molar refractivity (Wildman–Crippen MR) is 114 cm³/mol. The molecule has 0 bridgehead atoms. The number of carbonyl (C=O) groups is 1. The minimum absolute atomic E-state index is 0.0298. The van der Waals surface area contributed by atoms with Gasteiger partial charge in [0.05, 0.1) is 0 Å². The van der Waals surface area contributed by atoms with E-state index in [0.29, 0.717) is 5.95 Å². The van der Waals surface area contributed by atoms with Crippen LogP contribution in [0, 0.1) is 0 Å². The third-order valence-corrected chi connectivity index (χ3v) is 5.87. The van der Waals surface area contributed by atoms with Crippen molar-refractivity contribution in [2.45, 2.75) is 38.8 Å². The third-order valence-electron chi connectivity index (χ3n) is 5.87. The van der Waals surface area contributed by atoms with Crippen LogP contribution in [-0.4, -0.2) is 69.2 Å². The summed E-state index contributed by atoms with van der Waals surface area (Å²) in [4.78, 5) is 24.8. The Morgan fingerprint density at radius 1 is 1.31 bits per heavy atom. The number of H-pyrrole nitrogens is 2. The zero-order valence-electron chi connectivity index (χ0n) is 17.5. The number of piperazine rings is 1. The summed E-state index contributed by atoms with van der Waals surface area (Å²) < 4.78 is 0. The number of aromatic nitrogens is 4. The molecule has 1 aromatic carbocycles. The molecule has 0 radical (unpaired) electrons. The van der Waals surface area contributed by atoms with Gasteiger partial charge in [-0.1, -0.05) is 18.2 Å². The molecule has 0 spiro atoms. The van der Waals surface area contributed by atoms with Crippen molar-refractivity contribution in [3.05, 3.63) is 41.9 Å². The summed E-state index contributed by atoms with van der Waals surface area (Å²) in [7, 11) is 2.13. The normalized spacial score (nSPS) is 18.1. The molecule has 1 unspecified atom stereocenters. The van der Waals surface area contributed by atoms with E-state index in [1.165, 1.54) is 10.9 Å². The number of likely N-dealkylation sites (N-methyl/N-ethyl adjacent to an activating group) is 1. The first-order valence-electron chi connectivity index (χ1n) is 10.1. The van der Waals surface area contributed by atoms with E-state index in [0.717, 1.165) is 31.6 Å². The fourth-order valence-corrected chi connectivity index (χ4v) is 3.88.